The molecule has 1 N–H and O–H groups in total. The summed E-state index contributed by atoms with van der Waals surface area (Å²) in [5, 5.41) is 17.3. The molecule has 1 atom stereocenters. The molecule has 1 heterocycles. The summed E-state index contributed by atoms with van der Waals surface area (Å²) in [6.07, 6.45) is -0.699. The molecule has 0 aliphatic heterocycles. The van der Waals surface area contributed by atoms with Gasteiger partial charge in [-0.05, 0) is 37.3 Å². The van der Waals surface area contributed by atoms with Crippen LogP contribution < -0.4 is 0 Å². The average Bonchev–Trinajstić information content (AvgIpc) is 3.06. The Kier molecular flexibility index (Phi) is 4.05. The third-order valence-electron chi connectivity index (χ3n) is 3.17. The number of ether oxygens (including phenoxy) is 1. The van der Waals surface area contributed by atoms with E-state index in [1.54, 1.807) is 19.1 Å². The van der Waals surface area contributed by atoms with Gasteiger partial charge in [0.1, 0.15) is 5.75 Å². The van der Waals surface area contributed by atoms with Crippen LogP contribution in [-0.4, -0.2) is 21.3 Å². The summed E-state index contributed by atoms with van der Waals surface area (Å²) in [6.45, 7) is 1.64. The number of hydrogen-bond donors (Lipinski definition) is 1. The number of carbonyl (C=O) groups is 1. The number of esters is 1. The Morgan fingerprint density at radius 2 is 1.91 bits per heavy atom. The van der Waals surface area contributed by atoms with Crippen LogP contribution in [0, 0.1) is 0 Å². The molecule has 0 saturated carbocycles. The van der Waals surface area contributed by atoms with Crippen molar-refractivity contribution in [2.24, 2.45) is 0 Å². The minimum absolute atomic E-state index is 0.00347. The quantitative estimate of drug-likeness (QED) is 0.744. The fourth-order valence-electron chi connectivity index (χ4n) is 2.01. The van der Waals surface area contributed by atoms with Gasteiger partial charge in [-0.3, -0.25) is 0 Å². The van der Waals surface area contributed by atoms with Gasteiger partial charge in [0.25, 0.3) is 5.89 Å². The second-order valence-corrected chi connectivity index (χ2v) is 4.91. The Hall–Kier alpha value is -3.15. The highest BCUT2D eigenvalue weighted by Gasteiger charge is 2.20. The molecule has 0 bridgehead atoms. The van der Waals surface area contributed by atoms with E-state index in [0.717, 1.165) is 5.56 Å². The summed E-state index contributed by atoms with van der Waals surface area (Å²) in [5.74, 6) is -0.0117. The Morgan fingerprint density at radius 3 is 2.65 bits per heavy atom. The molecule has 0 radical (unpaired) electrons. The van der Waals surface area contributed by atoms with Crippen molar-refractivity contribution in [2.75, 3.05) is 0 Å². The van der Waals surface area contributed by atoms with Gasteiger partial charge in [-0.15, -0.1) is 10.2 Å². The van der Waals surface area contributed by atoms with E-state index in [9.17, 15) is 9.90 Å². The molecule has 0 aliphatic rings. The molecule has 0 unspecified atom stereocenters. The van der Waals surface area contributed by atoms with Crippen LogP contribution in [-0.2, 0) is 4.74 Å². The van der Waals surface area contributed by atoms with Crippen LogP contribution in [0.3, 0.4) is 0 Å². The molecule has 6 heteroatoms. The smallest absolute Gasteiger partial charge is 0.339 e. The minimum atomic E-state index is -0.699. The normalized spacial score (nSPS) is 11.9. The van der Waals surface area contributed by atoms with Crippen molar-refractivity contribution < 1.29 is 19.1 Å². The first-order chi connectivity index (χ1) is 11.1. The first-order valence-electron chi connectivity index (χ1n) is 7.02. The van der Waals surface area contributed by atoms with Crippen molar-refractivity contribution in [3.63, 3.8) is 0 Å². The number of phenols is 1. The molecule has 1 aromatic heterocycles. The zero-order valence-corrected chi connectivity index (χ0v) is 12.3. The summed E-state index contributed by atoms with van der Waals surface area (Å²) < 4.78 is 10.8. The van der Waals surface area contributed by atoms with Crippen molar-refractivity contribution in [3.8, 4) is 17.2 Å². The highest BCUT2D eigenvalue weighted by Crippen LogP contribution is 2.23. The van der Waals surface area contributed by atoms with E-state index >= 15 is 0 Å². The minimum Gasteiger partial charge on any atom is -0.508 e. The first-order valence-corrected chi connectivity index (χ1v) is 7.02. The van der Waals surface area contributed by atoms with Crippen LogP contribution in [0.25, 0.3) is 11.5 Å². The number of carbonyl (C=O) groups excluding carboxylic acids is 1. The van der Waals surface area contributed by atoms with Gasteiger partial charge < -0.3 is 14.3 Å². The summed E-state index contributed by atoms with van der Waals surface area (Å²) in [7, 11) is 0. The fourth-order valence-corrected chi connectivity index (χ4v) is 2.01. The molecule has 2 aromatic carbocycles. The molecule has 6 nitrogen and oxygen atoms in total. The van der Waals surface area contributed by atoms with E-state index in [2.05, 4.69) is 10.2 Å². The molecule has 23 heavy (non-hydrogen) atoms. The summed E-state index contributed by atoms with van der Waals surface area (Å²) in [4.78, 5) is 12.0. The predicted molar refractivity (Wildman–Crippen MR) is 81.7 cm³/mol. The van der Waals surface area contributed by atoms with Crippen molar-refractivity contribution in [1.29, 1.82) is 0 Å². The zero-order valence-electron chi connectivity index (χ0n) is 12.3. The maximum Gasteiger partial charge on any atom is 0.339 e. The Labute approximate surface area is 132 Å². The van der Waals surface area contributed by atoms with Gasteiger partial charge in [0, 0.05) is 5.56 Å². The fraction of sp³-hybridized carbons (Fsp3) is 0.118. The van der Waals surface area contributed by atoms with Gasteiger partial charge in [-0.25, -0.2) is 4.79 Å². The van der Waals surface area contributed by atoms with E-state index < -0.39 is 12.1 Å². The molecular weight excluding hydrogens is 296 g/mol. The molecule has 116 valence electrons. The molecule has 3 aromatic rings. The lowest BCUT2D eigenvalue weighted by atomic mass is 10.2. The average molecular weight is 310 g/mol. The summed E-state index contributed by atoms with van der Waals surface area (Å²) in [5.41, 5.74) is 1.04. The standard InChI is InChI=1S/C17H14N2O4/c1-11(22-17(21)13-8-5-9-14(20)10-13)15-18-19-16(23-15)12-6-3-2-4-7-12/h2-11,20H,1H3/t11-/m1/s1. The lowest BCUT2D eigenvalue weighted by molar-refractivity contribution is 0.0279. The number of benzene rings is 2. The van der Waals surface area contributed by atoms with Gasteiger partial charge in [0.05, 0.1) is 5.56 Å². The number of hydrogen-bond acceptors (Lipinski definition) is 6. The van der Waals surface area contributed by atoms with Crippen LogP contribution in [0.5, 0.6) is 5.75 Å². The predicted octanol–water partition coefficient (Wildman–Crippen LogP) is 3.36. The Bertz CT molecular complexity index is 814. The SMILES string of the molecule is C[C@@H](OC(=O)c1cccc(O)c1)c1nnc(-c2ccccc2)o1. The van der Waals surface area contributed by atoms with Crippen molar-refractivity contribution in [1.82, 2.24) is 10.2 Å². The van der Waals surface area contributed by atoms with Crippen LogP contribution in [0.1, 0.15) is 29.3 Å². The van der Waals surface area contributed by atoms with Crippen LogP contribution >= 0.6 is 0 Å². The van der Waals surface area contributed by atoms with Gasteiger partial charge in [0.15, 0.2) is 6.10 Å². The van der Waals surface area contributed by atoms with Crippen LogP contribution in [0.2, 0.25) is 0 Å². The topological polar surface area (TPSA) is 85.5 Å². The Morgan fingerprint density at radius 1 is 1.13 bits per heavy atom. The highest BCUT2D eigenvalue weighted by molar-refractivity contribution is 5.89. The monoisotopic (exact) mass is 310 g/mol. The number of aromatic hydroxyl groups is 1. The molecule has 0 amide bonds. The summed E-state index contributed by atoms with van der Waals surface area (Å²) in [6, 6.07) is 15.2. The molecule has 0 spiro atoms. The van der Waals surface area contributed by atoms with E-state index in [0.29, 0.717) is 5.89 Å². The Balaban J connectivity index is 1.73. The van der Waals surface area contributed by atoms with Gasteiger partial charge in [-0.2, -0.15) is 0 Å². The van der Waals surface area contributed by atoms with Crippen LogP contribution in [0.4, 0.5) is 0 Å². The van der Waals surface area contributed by atoms with E-state index in [1.165, 1.54) is 12.1 Å². The molecule has 0 aliphatic carbocycles. The van der Waals surface area contributed by atoms with Crippen molar-refractivity contribution >= 4 is 5.97 Å². The van der Waals surface area contributed by atoms with Gasteiger partial charge in [-0.1, -0.05) is 24.3 Å². The van der Waals surface area contributed by atoms with Crippen LogP contribution in [0.15, 0.2) is 59.0 Å². The number of nitrogens with zero attached hydrogens (tertiary/aromatic N) is 2. The maximum atomic E-state index is 12.0. The number of rotatable bonds is 4. The lowest BCUT2D eigenvalue weighted by Crippen LogP contribution is -2.09. The second-order valence-electron chi connectivity index (χ2n) is 4.91. The third kappa shape index (κ3) is 3.37. The largest absolute Gasteiger partial charge is 0.508 e. The van der Waals surface area contributed by atoms with Crippen molar-refractivity contribution in [2.45, 2.75) is 13.0 Å². The molecule has 0 fully saturated rings. The molecule has 3 rings (SSSR count). The lowest BCUT2D eigenvalue weighted by Gasteiger charge is -2.09. The highest BCUT2D eigenvalue weighted by atomic mass is 16.6. The van der Waals surface area contributed by atoms with Crippen molar-refractivity contribution in [3.05, 3.63) is 66.1 Å². The number of aromatic nitrogens is 2. The van der Waals surface area contributed by atoms with E-state index in [1.807, 2.05) is 30.3 Å². The summed E-state index contributed by atoms with van der Waals surface area (Å²) >= 11 is 0. The first kappa shape index (κ1) is 14.8. The van der Waals surface area contributed by atoms with Gasteiger partial charge >= 0.3 is 5.97 Å². The van der Waals surface area contributed by atoms with Gasteiger partial charge in [0.2, 0.25) is 5.89 Å². The number of phenolic OH excluding ortho intramolecular Hbond substituents is 1. The second kappa shape index (κ2) is 6.31. The van der Waals surface area contributed by atoms with E-state index in [-0.39, 0.29) is 17.2 Å². The zero-order chi connectivity index (χ0) is 16.2. The third-order valence-corrected chi connectivity index (χ3v) is 3.17. The molecular formula is C17H14N2O4. The maximum absolute atomic E-state index is 12.0. The molecule has 0 saturated heterocycles. The van der Waals surface area contributed by atoms with E-state index in [4.69, 9.17) is 9.15 Å².